The maximum atomic E-state index is 9.82. The first-order valence-corrected chi connectivity index (χ1v) is 7.54. The lowest BCUT2D eigenvalue weighted by molar-refractivity contribution is 0.190. The van der Waals surface area contributed by atoms with E-state index in [2.05, 4.69) is 15.9 Å². The number of benzene rings is 2. The van der Waals surface area contributed by atoms with Crippen LogP contribution in [0.5, 0.6) is 11.5 Å². The van der Waals surface area contributed by atoms with Crippen molar-refractivity contribution in [1.82, 2.24) is 0 Å². The first-order valence-electron chi connectivity index (χ1n) is 6.75. The average Bonchev–Trinajstić information content (AvgIpc) is 2.46. The number of hydrogen-bond acceptors (Lipinski definition) is 3. The number of rotatable bonds is 5. The lowest BCUT2D eigenvalue weighted by Crippen LogP contribution is -2.02. The Balaban J connectivity index is 2.22. The van der Waals surface area contributed by atoms with E-state index >= 15 is 0 Å². The van der Waals surface area contributed by atoms with Crippen LogP contribution in [-0.4, -0.2) is 12.2 Å². The summed E-state index contributed by atoms with van der Waals surface area (Å²) in [5, 5.41) is 9.82. The molecule has 1 atom stereocenters. The smallest absolute Gasteiger partial charge is 0.125 e. The molecule has 0 spiro atoms. The van der Waals surface area contributed by atoms with Crippen LogP contribution in [0.2, 0.25) is 0 Å². The lowest BCUT2D eigenvalue weighted by Gasteiger charge is -2.15. The van der Waals surface area contributed by atoms with Gasteiger partial charge < -0.3 is 14.6 Å². The molecule has 0 aliphatic rings. The van der Waals surface area contributed by atoms with Crippen molar-refractivity contribution in [3.05, 3.63) is 57.6 Å². The lowest BCUT2D eigenvalue weighted by atomic mass is 10.1. The maximum absolute atomic E-state index is 9.82. The monoisotopic (exact) mass is 350 g/mol. The van der Waals surface area contributed by atoms with Gasteiger partial charge in [0.2, 0.25) is 0 Å². The standard InChI is InChI=1S/C17H19BrO3/c1-11-4-6-15(12(2)19)17(8-11)21-10-13-9-14(20-3)5-7-16(13)18/h4-9,12,19H,10H2,1-3H3/t12-/m0/s1. The highest BCUT2D eigenvalue weighted by molar-refractivity contribution is 9.10. The van der Waals surface area contributed by atoms with Gasteiger partial charge in [0, 0.05) is 15.6 Å². The molecule has 2 aromatic carbocycles. The highest BCUT2D eigenvalue weighted by Gasteiger charge is 2.11. The molecule has 1 N–H and O–H groups in total. The minimum atomic E-state index is -0.561. The van der Waals surface area contributed by atoms with E-state index in [0.29, 0.717) is 12.4 Å². The molecule has 0 aliphatic heterocycles. The van der Waals surface area contributed by atoms with Crippen LogP contribution in [0.1, 0.15) is 29.7 Å². The van der Waals surface area contributed by atoms with Gasteiger partial charge in [0.25, 0.3) is 0 Å². The summed E-state index contributed by atoms with van der Waals surface area (Å²) in [4.78, 5) is 0. The molecule has 0 aromatic heterocycles. The number of methoxy groups -OCH3 is 1. The number of halogens is 1. The van der Waals surface area contributed by atoms with E-state index in [9.17, 15) is 5.11 Å². The maximum Gasteiger partial charge on any atom is 0.125 e. The summed E-state index contributed by atoms with van der Waals surface area (Å²) in [6.45, 7) is 4.14. The van der Waals surface area contributed by atoms with Gasteiger partial charge in [-0.2, -0.15) is 0 Å². The predicted molar refractivity (Wildman–Crippen MR) is 86.8 cm³/mol. The molecule has 0 heterocycles. The summed E-state index contributed by atoms with van der Waals surface area (Å²) in [6, 6.07) is 11.6. The number of aliphatic hydroxyl groups is 1. The largest absolute Gasteiger partial charge is 0.497 e. The van der Waals surface area contributed by atoms with Gasteiger partial charge in [0.15, 0.2) is 0 Å². The van der Waals surface area contributed by atoms with Crippen molar-refractivity contribution in [2.45, 2.75) is 26.6 Å². The summed E-state index contributed by atoms with van der Waals surface area (Å²) in [7, 11) is 1.64. The molecular formula is C17H19BrO3. The van der Waals surface area contributed by atoms with Gasteiger partial charge in [0.05, 0.1) is 13.2 Å². The van der Waals surface area contributed by atoms with E-state index in [1.54, 1.807) is 14.0 Å². The van der Waals surface area contributed by atoms with Gasteiger partial charge in [-0.3, -0.25) is 0 Å². The summed E-state index contributed by atoms with van der Waals surface area (Å²) < 4.78 is 12.1. The minimum Gasteiger partial charge on any atom is -0.497 e. The zero-order chi connectivity index (χ0) is 15.4. The third kappa shape index (κ3) is 3.99. The molecule has 0 fully saturated rings. The number of hydrogen-bond donors (Lipinski definition) is 1. The topological polar surface area (TPSA) is 38.7 Å². The number of aryl methyl sites for hydroxylation is 1. The van der Waals surface area contributed by atoms with E-state index in [0.717, 1.165) is 26.9 Å². The van der Waals surface area contributed by atoms with Crippen LogP contribution < -0.4 is 9.47 Å². The van der Waals surface area contributed by atoms with Crippen molar-refractivity contribution in [2.24, 2.45) is 0 Å². The van der Waals surface area contributed by atoms with Crippen LogP contribution in [0.3, 0.4) is 0 Å². The van der Waals surface area contributed by atoms with Crippen LogP contribution in [0.25, 0.3) is 0 Å². The Morgan fingerprint density at radius 3 is 2.62 bits per heavy atom. The summed E-state index contributed by atoms with van der Waals surface area (Å²) in [5.41, 5.74) is 2.88. The van der Waals surface area contributed by atoms with E-state index in [4.69, 9.17) is 9.47 Å². The van der Waals surface area contributed by atoms with Crippen LogP contribution in [-0.2, 0) is 6.61 Å². The first-order chi connectivity index (χ1) is 10.0. The SMILES string of the molecule is COc1ccc(Br)c(COc2cc(C)ccc2[C@H](C)O)c1. The van der Waals surface area contributed by atoms with Crippen LogP contribution in [0.4, 0.5) is 0 Å². The Morgan fingerprint density at radius 2 is 1.95 bits per heavy atom. The zero-order valence-electron chi connectivity index (χ0n) is 12.4. The molecule has 0 aliphatic carbocycles. The van der Waals surface area contributed by atoms with Crippen LogP contribution in [0, 0.1) is 6.92 Å². The molecular weight excluding hydrogens is 332 g/mol. The highest BCUT2D eigenvalue weighted by Crippen LogP contribution is 2.29. The summed E-state index contributed by atoms with van der Waals surface area (Å²) in [6.07, 6.45) is -0.561. The van der Waals surface area contributed by atoms with Crippen LogP contribution in [0.15, 0.2) is 40.9 Å². The zero-order valence-corrected chi connectivity index (χ0v) is 14.0. The molecule has 2 rings (SSSR count). The molecule has 0 amide bonds. The molecule has 4 heteroatoms. The fourth-order valence-electron chi connectivity index (χ4n) is 2.06. The van der Waals surface area contributed by atoms with Crippen molar-refractivity contribution in [2.75, 3.05) is 7.11 Å². The minimum absolute atomic E-state index is 0.404. The van der Waals surface area contributed by atoms with E-state index in [-0.39, 0.29) is 0 Å². The fraction of sp³-hybridized carbons (Fsp3) is 0.294. The third-order valence-electron chi connectivity index (χ3n) is 3.26. The van der Waals surface area contributed by atoms with Gasteiger partial charge >= 0.3 is 0 Å². The molecule has 0 saturated heterocycles. The van der Waals surface area contributed by atoms with Crippen molar-refractivity contribution >= 4 is 15.9 Å². The van der Waals surface area contributed by atoms with Crippen molar-refractivity contribution < 1.29 is 14.6 Å². The van der Waals surface area contributed by atoms with E-state index in [1.807, 2.05) is 43.3 Å². The molecule has 3 nitrogen and oxygen atoms in total. The number of ether oxygens (including phenoxy) is 2. The second kappa shape index (κ2) is 6.96. The Bertz CT molecular complexity index is 623. The molecule has 0 saturated carbocycles. The fourth-order valence-corrected chi connectivity index (χ4v) is 2.42. The molecule has 0 bridgehead atoms. The Hall–Kier alpha value is -1.52. The second-order valence-electron chi connectivity index (χ2n) is 4.96. The van der Waals surface area contributed by atoms with Gasteiger partial charge in [-0.1, -0.05) is 28.1 Å². The van der Waals surface area contributed by atoms with Gasteiger partial charge in [-0.25, -0.2) is 0 Å². The Kier molecular flexibility index (Phi) is 5.26. The van der Waals surface area contributed by atoms with Crippen molar-refractivity contribution in [3.63, 3.8) is 0 Å². The molecule has 112 valence electrons. The number of aliphatic hydroxyl groups excluding tert-OH is 1. The van der Waals surface area contributed by atoms with Crippen LogP contribution >= 0.6 is 15.9 Å². The average molecular weight is 351 g/mol. The van der Waals surface area contributed by atoms with Crippen molar-refractivity contribution in [1.29, 1.82) is 0 Å². The molecule has 2 aromatic rings. The summed E-state index contributed by atoms with van der Waals surface area (Å²) in [5.74, 6) is 1.50. The summed E-state index contributed by atoms with van der Waals surface area (Å²) >= 11 is 3.51. The highest BCUT2D eigenvalue weighted by atomic mass is 79.9. The normalized spacial score (nSPS) is 12.0. The quantitative estimate of drug-likeness (QED) is 0.868. The Morgan fingerprint density at radius 1 is 1.19 bits per heavy atom. The van der Waals surface area contributed by atoms with E-state index < -0.39 is 6.10 Å². The Labute approximate surface area is 133 Å². The van der Waals surface area contributed by atoms with Gasteiger partial charge in [-0.05, 0) is 43.7 Å². The van der Waals surface area contributed by atoms with Gasteiger partial charge in [-0.15, -0.1) is 0 Å². The first kappa shape index (κ1) is 15.9. The van der Waals surface area contributed by atoms with E-state index in [1.165, 1.54) is 0 Å². The second-order valence-corrected chi connectivity index (χ2v) is 5.82. The molecule has 21 heavy (non-hydrogen) atoms. The predicted octanol–water partition coefficient (Wildman–Crippen LogP) is 4.40. The van der Waals surface area contributed by atoms with Gasteiger partial charge in [0.1, 0.15) is 18.1 Å². The molecule has 0 unspecified atom stereocenters. The third-order valence-corrected chi connectivity index (χ3v) is 4.03. The van der Waals surface area contributed by atoms with Crippen molar-refractivity contribution in [3.8, 4) is 11.5 Å². The molecule has 0 radical (unpaired) electrons.